The van der Waals surface area contributed by atoms with Crippen LogP contribution in [0.4, 0.5) is 8.78 Å². The second-order valence-corrected chi connectivity index (χ2v) is 5.02. The molecule has 0 bridgehead atoms. The fraction of sp³-hybridized carbons (Fsp3) is 0.214. The third-order valence-corrected chi connectivity index (χ3v) is 3.34. The van der Waals surface area contributed by atoms with Crippen LogP contribution in [0, 0.1) is 17.7 Å². The number of benzene rings is 1. The Hall–Kier alpha value is -0.626. The van der Waals surface area contributed by atoms with Crippen molar-refractivity contribution < 1.29 is 51.0 Å². The molecule has 0 aliphatic rings. The molecule has 1 radical (unpaired) electrons. The normalized spacial score (nSPS) is 10.2. The minimum atomic E-state index is -0.852. The van der Waals surface area contributed by atoms with E-state index in [0.717, 1.165) is 16.7 Å². The first kappa shape index (κ1) is 19.4. The third kappa shape index (κ3) is 4.01. The molecule has 2 rings (SSSR count). The van der Waals surface area contributed by atoms with Gasteiger partial charge in [0.05, 0.1) is 11.6 Å². The van der Waals surface area contributed by atoms with Crippen molar-refractivity contribution in [2.24, 2.45) is 7.05 Å². The van der Waals surface area contributed by atoms with Gasteiger partial charge in [-0.3, -0.25) is 4.79 Å². The molecule has 0 fully saturated rings. The van der Waals surface area contributed by atoms with Gasteiger partial charge in [-0.25, -0.2) is 8.78 Å². The number of nitrogens with zero attached hydrogens (tertiary/aromatic N) is 1. The van der Waals surface area contributed by atoms with Crippen LogP contribution in [0.1, 0.15) is 0 Å². The smallest absolute Gasteiger partial charge is 0.208 e. The maximum Gasteiger partial charge on any atom is 0.208 e. The average Bonchev–Trinajstić information content (AvgIpc) is 2.44. The fourth-order valence-electron chi connectivity index (χ4n) is 1.78. The zero-order valence-electron chi connectivity index (χ0n) is 11.8. The molecule has 0 amide bonds. The van der Waals surface area contributed by atoms with Gasteiger partial charge in [0.1, 0.15) is 5.75 Å². The van der Waals surface area contributed by atoms with Gasteiger partial charge in [-0.1, -0.05) is 5.69 Å². The van der Waals surface area contributed by atoms with Gasteiger partial charge in [0.15, 0.2) is 6.79 Å². The molecule has 1 heterocycles. The van der Waals surface area contributed by atoms with Crippen LogP contribution >= 0.6 is 15.9 Å². The van der Waals surface area contributed by atoms with Gasteiger partial charge in [-0.05, 0) is 10.0 Å². The first-order chi connectivity index (χ1) is 9.95. The van der Waals surface area contributed by atoms with Crippen LogP contribution in [0.5, 0.6) is 5.75 Å². The van der Waals surface area contributed by atoms with Crippen LogP contribution in [0.15, 0.2) is 27.5 Å². The molecule has 0 aliphatic heterocycles. The molecule has 2 aromatic rings. The Morgan fingerprint density at radius 1 is 1.32 bits per heavy atom. The maximum absolute atomic E-state index is 14.1. The van der Waals surface area contributed by atoms with Crippen molar-refractivity contribution in [2.75, 3.05) is 13.9 Å². The van der Waals surface area contributed by atoms with E-state index in [9.17, 15) is 13.6 Å². The molecule has 0 N–H and O–H groups in total. The van der Waals surface area contributed by atoms with Crippen molar-refractivity contribution >= 4 is 15.9 Å². The molecule has 0 spiro atoms. The Balaban J connectivity index is 0.00000242. The summed E-state index contributed by atoms with van der Waals surface area (Å²) in [6, 6.07) is 6.05. The Morgan fingerprint density at radius 3 is 2.45 bits per heavy atom. The zero-order chi connectivity index (χ0) is 15.6. The summed E-state index contributed by atoms with van der Waals surface area (Å²) in [6.07, 6.45) is 0. The molecule has 1 aromatic heterocycles. The number of hydrogen-bond acceptors (Lipinski definition) is 3. The molecule has 0 saturated carbocycles. The van der Waals surface area contributed by atoms with Crippen LogP contribution < -0.4 is 10.3 Å². The summed E-state index contributed by atoms with van der Waals surface area (Å²) in [7, 11) is 2.81. The number of ether oxygens (including phenoxy) is 2. The number of rotatable bonds is 4. The number of aromatic nitrogens is 1. The number of halogens is 3. The minimum absolute atomic E-state index is 0. The van der Waals surface area contributed by atoms with E-state index in [2.05, 4.69) is 26.7 Å². The van der Waals surface area contributed by atoms with Gasteiger partial charge in [0, 0.05) is 59.0 Å². The first-order valence-corrected chi connectivity index (χ1v) is 6.63. The molecule has 1 aromatic carbocycles. The summed E-state index contributed by atoms with van der Waals surface area (Å²) >= 11 is 3.04. The maximum atomic E-state index is 14.1. The van der Waals surface area contributed by atoms with Crippen molar-refractivity contribution in [2.45, 2.75) is 0 Å². The van der Waals surface area contributed by atoms with Gasteiger partial charge in [-0.15, -0.1) is 15.9 Å². The predicted molar refractivity (Wildman–Crippen MR) is 76.1 cm³/mol. The third-order valence-electron chi connectivity index (χ3n) is 2.78. The van der Waals surface area contributed by atoms with Crippen LogP contribution in [0.25, 0.3) is 11.3 Å². The van der Waals surface area contributed by atoms with Crippen molar-refractivity contribution in [3.63, 3.8) is 0 Å². The number of pyridine rings is 1. The monoisotopic (exact) mass is 447 g/mol. The Morgan fingerprint density at radius 2 is 1.91 bits per heavy atom. The van der Waals surface area contributed by atoms with Crippen LogP contribution in [0.2, 0.25) is 0 Å². The molecule has 0 unspecified atom stereocenters. The van der Waals surface area contributed by atoms with Crippen LogP contribution in [0.3, 0.4) is 0 Å². The predicted octanol–water partition coefficient (Wildman–Crippen LogP) is 2.87. The summed E-state index contributed by atoms with van der Waals surface area (Å²) in [5, 5.41) is 0. The van der Waals surface area contributed by atoms with Gasteiger partial charge in [0.2, 0.25) is 5.56 Å². The summed E-state index contributed by atoms with van der Waals surface area (Å²) < 4.78 is 39.3. The number of methoxy groups -OCH3 is 1. The van der Waals surface area contributed by atoms with E-state index in [4.69, 9.17) is 4.74 Å². The fourth-order valence-corrected chi connectivity index (χ4v) is 2.16. The van der Waals surface area contributed by atoms with Gasteiger partial charge < -0.3 is 14.0 Å². The van der Waals surface area contributed by atoms with Crippen molar-refractivity contribution in [3.8, 4) is 17.0 Å². The van der Waals surface area contributed by atoms with Crippen LogP contribution in [-0.2, 0) is 44.5 Å². The van der Waals surface area contributed by atoms with Crippen LogP contribution in [-0.4, -0.2) is 18.5 Å². The van der Waals surface area contributed by atoms with Gasteiger partial charge in [0.25, 0.3) is 0 Å². The second-order valence-electron chi connectivity index (χ2n) is 4.16. The van der Waals surface area contributed by atoms with Crippen molar-refractivity contribution in [3.05, 3.63) is 50.7 Å². The Labute approximate surface area is 159 Å². The quantitative estimate of drug-likeness (QED) is 0.534. The van der Waals surface area contributed by atoms with Crippen molar-refractivity contribution in [1.29, 1.82) is 0 Å². The Bertz CT molecular complexity index is 714. The van der Waals surface area contributed by atoms with E-state index in [1.165, 1.54) is 20.2 Å². The van der Waals surface area contributed by atoms with E-state index in [0.29, 0.717) is 0 Å². The molecule has 0 aliphatic carbocycles. The van der Waals surface area contributed by atoms with E-state index in [-0.39, 0.29) is 61.0 Å². The molecule has 4 nitrogen and oxygen atoms in total. The van der Waals surface area contributed by atoms with Gasteiger partial charge >= 0.3 is 0 Å². The molecular formula is C14H11BrF2NO3Y-. The zero-order valence-corrected chi connectivity index (χ0v) is 16.2. The summed E-state index contributed by atoms with van der Waals surface area (Å²) in [6.45, 7) is -0.124. The van der Waals surface area contributed by atoms with Gasteiger partial charge in [-0.2, -0.15) is 12.1 Å². The standard InChI is InChI=1S/C14H11BrF2NO3.Y/c1-18-12(4-3-9(15)14(18)19)13-10(16)5-8(6-11(13)17)21-7-20-2;/h3,5-6H,7H2,1-2H3;/q-1;. The average molecular weight is 448 g/mol. The number of hydrogen-bond donors (Lipinski definition) is 0. The van der Waals surface area contributed by atoms with E-state index in [1.807, 2.05) is 0 Å². The Kier molecular flexibility index (Phi) is 7.32. The minimum Gasteiger partial charge on any atom is -0.467 e. The first-order valence-electron chi connectivity index (χ1n) is 5.84. The molecule has 22 heavy (non-hydrogen) atoms. The second kappa shape index (κ2) is 8.29. The molecule has 115 valence electrons. The molecule has 0 atom stereocenters. The summed E-state index contributed by atoms with van der Waals surface area (Å²) in [5.74, 6) is -1.71. The van der Waals surface area contributed by atoms with E-state index >= 15 is 0 Å². The van der Waals surface area contributed by atoms with E-state index in [1.54, 1.807) is 0 Å². The molecule has 8 heteroatoms. The summed E-state index contributed by atoms with van der Waals surface area (Å²) in [5.41, 5.74) is -0.745. The topological polar surface area (TPSA) is 40.5 Å². The summed E-state index contributed by atoms with van der Waals surface area (Å²) in [4.78, 5) is 11.8. The SMILES string of the molecule is COCOc1cc(F)c(-c2[c-]cc(Br)c(=O)n2C)c(F)c1.[Y]. The molecular weight excluding hydrogens is 437 g/mol. The molecule has 0 saturated heterocycles. The van der Waals surface area contributed by atoms with E-state index < -0.39 is 17.2 Å². The van der Waals surface area contributed by atoms with Crippen molar-refractivity contribution in [1.82, 2.24) is 4.57 Å². The largest absolute Gasteiger partial charge is 0.467 e.